The number of hydrogen-bond donors (Lipinski definition) is 1. The van der Waals surface area contributed by atoms with Gasteiger partial charge in [0.1, 0.15) is 0 Å². The molecule has 1 unspecified atom stereocenters. The van der Waals surface area contributed by atoms with Crippen molar-refractivity contribution in [3.8, 4) is 0 Å². The molecule has 0 fully saturated rings. The Kier molecular flexibility index (Phi) is 5.56. The zero-order valence-electron chi connectivity index (χ0n) is 16.4. The second kappa shape index (κ2) is 8.42. The van der Waals surface area contributed by atoms with Gasteiger partial charge < -0.3 is 5.32 Å². The van der Waals surface area contributed by atoms with Crippen LogP contribution in [0.4, 0.5) is 0 Å². The van der Waals surface area contributed by atoms with Crippen molar-refractivity contribution in [2.75, 3.05) is 0 Å². The lowest BCUT2D eigenvalue weighted by molar-refractivity contribution is -0.121. The molecule has 0 saturated carbocycles. The van der Waals surface area contributed by atoms with Crippen LogP contribution in [0.5, 0.6) is 0 Å². The molecule has 0 aliphatic heterocycles. The molecule has 1 aliphatic rings. The maximum atomic E-state index is 12.5. The molecule has 1 aliphatic carbocycles. The number of rotatable bonds is 6. The first kappa shape index (κ1) is 18.5. The van der Waals surface area contributed by atoms with Gasteiger partial charge in [0, 0.05) is 17.7 Å². The lowest BCUT2D eigenvalue weighted by Crippen LogP contribution is -2.31. The first-order chi connectivity index (χ1) is 13.7. The number of aryl methyl sites for hydroxylation is 2. The summed E-state index contributed by atoms with van der Waals surface area (Å²) in [6.07, 6.45) is 6.34. The van der Waals surface area contributed by atoms with Crippen LogP contribution in [0.1, 0.15) is 53.3 Å². The van der Waals surface area contributed by atoms with E-state index in [2.05, 4.69) is 70.6 Å². The number of carbonyl (C=O) groups excluding carboxylic acids is 1. The van der Waals surface area contributed by atoms with Crippen LogP contribution in [0.25, 0.3) is 0 Å². The maximum absolute atomic E-state index is 12.5. The molecule has 1 N–H and O–H groups in total. The van der Waals surface area contributed by atoms with E-state index >= 15 is 0 Å². The van der Waals surface area contributed by atoms with Gasteiger partial charge in [-0.2, -0.15) is 5.10 Å². The van der Waals surface area contributed by atoms with Crippen molar-refractivity contribution in [2.45, 2.75) is 51.6 Å². The van der Waals surface area contributed by atoms with Crippen LogP contribution in [0.3, 0.4) is 0 Å². The Balaban J connectivity index is 1.39. The highest BCUT2D eigenvalue weighted by Crippen LogP contribution is 2.30. The van der Waals surface area contributed by atoms with E-state index in [1.807, 2.05) is 12.3 Å². The number of aromatic nitrogens is 2. The second-order valence-electron chi connectivity index (χ2n) is 7.69. The summed E-state index contributed by atoms with van der Waals surface area (Å²) in [4.78, 5) is 12.5. The van der Waals surface area contributed by atoms with Crippen LogP contribution in [0.15, 0.2) is 60.8 Å². The summed E-state index contributed by atoms with van der Waals surface area (Å²) in [7, 11) is 0. The molecular formula is C24H27N3O. The lowest BCUT2D eigenvalue weighted by atomic mass is 9.92. The molecule has 1 amide bonds. The SMILES string of the molecule is Cc1ccc(CCC(=O)NC2CCCc3c2cnn3Cc2ccccc2)cc1. The van der Waals surface area contributed by atoms with Gasteiger partial charge in [0.25, 0.3) is 0 Å². The monoisotopic (exact) mass is 373 g/mol. The molecule has 1 atom stereocenters. The van der Waals surface area contributed by atoms with E-state index in [-0.39, 0.29) is 11.9 Å². The third-order valence-corrected chi connectivity index (χ3v) is 5.53. The van der Waals surface area contributed by atoms with Gasteiger partial charge >= 0.3 is 0 Å². The summed E-state index contributed by atoms with van der Waals surface area (Å²) in [6, 6.07) is 18.9. The molecule has 0 spiro atoms. The molecule has 144 valence electrons. The van der Waals surface area contributed by atoms with Crippen molar-refractivity contribution in [2.24, 2.45) is 0 Å². The molecule has 4 rings (SSSR count). The normalized spacial score (nSPS) is 15.8. The quantitative estimate of drug-likeness (QED) is 0.698. The van der Waals surface area contributed by atoms with E-state index in [0.717, 1.165) is 32.2 Å². The van der Waals surface area contributed by atoms with E-state index in [0.29, 0.717) is 6.42 Å². The highest BCUT2D eigenvalue weighted by Gasteiger charge is 2.25. The molecule has 4 nitrogen and oxygen atoms in total. The van der Waals surface area contributed by atoms with Gasteiger partial charge in [0.05, 0.1) is 18.8 Å². The predicted octanol–water partition coefficient (Wildman–Crippen LogP) is 4.37. The molecular weight excluding hydrogens is 346 g/mol. The second-order valence-corrected chi connectivity index (χ2v) is 7.69. The molecule has 0 saturated heterocycles. The van der Waals surface area contributed by atoms with Gasteiger partial charge in [-0.05, 0) is 43.7 Å². The average molecular weight is 374 g/mol. The number of amides is 1. The van der Waals surface area contributed by atoms with Crippen molar-refractivity contribution in [3.05, 3.63) is 88.7 Å². The third-order valence-electron chi connectivity index (χ3n) is 5.53. The first-order valence-electron chi connectivity index (χ1n) is 10.1. The van der Waals surface area contributed by atoms with Crippen LogP contribution in [0, 0.1) is 6.92 Å². The molecule has 2 aromatic carbocycles. The smallest absolute Gasteiger partial charge is 0.220 e. The topological polar surface area (TPSA) is 46.9 Å². The first-order valence-corrected chi connectivity index (χ1v) is 10.1. The summed E-state index contributed by atoms with van der Waals surface area (Å²) < 4.78 is 2.09. The average Bonchev–Trinajstić information content (AvgIpc) is 3.12. The Hall–Kier alpha value is -2.88. The van der Waals surface area contributed by atoms with Crippen molar-refractivity contribution in [1.82, 2.24) is 15.1 Å². The third kappa shape index (κ3) is 4.33. The lowest BCUT2D eigenvalue weighted by Gasteiger charge is -2.24. The van der Waals surface area contributed by atoms with E-state index in [9.17, 15) is 4.79 Å². The molecule has 3 aromatic rings. The summed E-state index contributed by atoms with van der Waals surface area (Å²) in [5.41, 5.74) is 6.15. The zero-order chi connectivity index (χ0) is 19.3. The largest absolute Gasteiger partial charge is 0.349 e. The fourth-order valence-corrected chi connectivity index (χ4v) is 3.94. The molecule has 0 radical (unpaired) electrons. The van der Waals surface area contributed by atoms with Gasteiger partial charge in [-0.15, -0.1) is 0 Å². The van der Waals surface area contributed by atoms with Crippen LogP contribution in [-0.4, -0.2) is 15.7 Å². The van der Waals surface area contributed by atoms with Gasteiger partial charge in [-0.1, -0.05) is 60.2 Å². The standard InChI is InChI=1S/C24H27N3O/c1-18-10-12-19(13-11-18)14-15-24(28)26-22-8-5-9-23-21(22)16-25-27(23)17-20-6-3-2-4-7-20/h2-4,6-7,10-13,16,22H,5,8-9,14-15,17H2,1H3,(H,26,28). The van der Waals surface area contributed by atoms with E-state index < -0.39 is 0 Å². The molecule has 1 aromatic heterocycles. The fourth-order valence-electron chi connectivity index (χ4n) is 3.94. The van der Waals surface area contributed by atoms with Crippen LogP contribution < -0.4 is 5.32 Å². The number of benzene rings is 2. The minimum atomic E-state index is 0.0822. The van der Waals surface area contributed by atoms with Crippen molar-refractivity contribution >= 4 is 5.91 Å². The predicted molar refractivity (Wildman–Crippen MR) is 111 cm³/mol. The Morgan fingerprint density at radius 1 is 1.11 bits per heavy atom. The van der Waals surface area contributed by atoms with Gasteiger partial charge in [-0.3, -0.25) is 9.48 Å². The number of nitrogens with zero attached hydrogens (tertiary/aromatic N) is 2. The number of hydrogen-bond acceptors (Lipinski definition) is 2. The highest BCUT2D eigenvalue weighted by molar-refractivity contribution is 5.76. The molecule has 4 heteroatoms. The van der Waals surface area contributed by atoms with Crippen molar-refractivity contribution in [3.63, 3.8) is 0 Å². The Morgan fingerprint density at radius 3 is 2.68 bits per heavy atom. The number of fused-ring (bicyclic) bond motifs is 1. The van der Waals surface area contributed by atoms with E-state index in [1.165, 1.54) is 27.9 Å². The van der Waals surface area contributed by atoms with Crippen LogP contribution in [0.2, 0.25) is 0 Å². The Labute approximate surface area is 166 Å². The van der Waals surface area contributed by atoms with Gasteiger partial charge in [-0.25, -0.2) is 0 Å². The highest BCUT2D eigenvalue weighted by atomic mass is 16.1. The Morgan fingerprint density at radius 2 is 1.89 bits per heavy atom. The van der Waals surface area contributed by atoms with Crippen molar-refractivity contribution in [1.29, 1.82) is 0 Å². The minimum absolute atomic E-state index is 0.0822. The number of carbonyl (C=O) groups is 1. The molecule has 1 heterocycles. The van der Waals surface area contributed by atoms with E-state index in [4.69, 9.17) is 0 Å². The zero-order valence-corrected chi connectivity index (χ0v) is 16.4. The summed E-state index contributed by atoms with van der Waals surface area (Å²) >= 11 is 0. The van der Waals surface area contributed by atoms with Crippen LogP contribution >= 0.6 is 0 Å². The van der Waals surface area contributed by atoms with Crippen molar-refractivity contribution < 1.29 is 4.79 Å². The van der Waals surface area contributed by atoms with Crippen LogP contribution in [-0.2, 0) is 24.2 Å². The molecule has 28 heavy (non-hydrogen) atoms. The fraction of sp³-hybridized carbons (Fsp3) is 0.333. The minimum Gasteiger partial charge on any atom is -0.349 e. The maximum Gasteiger partial charge on any atom is 0.220 e. The van der Waals surface area contributed by atoms with Gasteiger partial charge in [0.2, 0.25) is 5.91 Å². The van der Waals surface area contributed by atoms with E-state index in [1.54, 1.807) is 0 Å². The summed E-state index contributed by atoms with van der Waals surface area (Å²) in [5.74, 6) is 0.120. The summed E-state index contributed by atoms with van der Waals surface area (Å²) in [6.45, 7) is 2.86. The number of nitrogens with one attached hydrogen (secondary N) is 1. The Bertz CT molecular complexity index is 928. The van der Waals surface area contributed by atoms with Gasteiger partial charge in [0.15, 0.2) is 0 Å². The summed E-state index contributed by atoms with van der Waals surface area (Å²) in [5, 5.41) is 7.86. The molecule has 0 bridgehead atoms.